The van der Waals surface area contributed by atoms with Gasteiger partial charge >= 0.3 is 5.97 Å². The molecule has 8 heteroatoms. The zero-order valence-corrected chi connectivity index (χ0v) is 17.2. The summed E-state index contributed by atoms with van der Waals surface area (Å²) >= 11 is 0. The van der Waals surface area contributed by atoms with Gasteiger partial charge in [-0.2, -0.15) is 0 Å². The van der Waals surface area contributed by atoms with Gasteiger partial charge in [-0.15, -0.1) is 0 Å². The van der Waals surface area contributed by atoms with Crippen LogP contribution in [-0.4, -0.2) is 55.3 Å². The summed E-state index contributed by atoms with van der Waals surface area (Å²) in [6, 6.07) is 14.2. The fraction of sp³-hybridized carbons (Fsp3) is 0.273. The number of hydrogen-bond acceptors (Lipinski definition) is 5. The Balaban J connectivity index is 1.70. The van der Waals surface area contributed by atoms with Crippen LogP contribution in [0.5, 0.6) is 0 Å². The van der Waals surface area contributed by atoms with Crippen molar-refractivity contribution >= 4 is 29.4 Å². The smallest absolute Gasteiger partial charge is 0.325 e. The van der Waals surface area contributed by atoms with E-state index >= 15 is 0 Å². The molecule has 158 valence electrons. The Morgan fingerprint density at radius 1 is 0.967 bits per heavy atom. The van der Waals surface area contributed by atoms with Crippen molar-refractivity contribution in [2.45, 2.75) is 13.8 Å². The number of benzene rings is 2. The highest BCUT2D eigenvalue weighted by Gasteiger charge is 2.16. The largest absolute Gasteiger partial charge is 0.454 e. The van der Waals surface area contributed by atoms with Gasteiger partial charge in [0, 0.05) is 18.3 Å². The Labute approximate surface area is 175 Å². The van der Waals surface area contributed by atoms with Crippen LogP contribution in [0.4, 0.5) is 5.69 Å². The van der Waals surface area contributed by atoms with Crippen LogP contribution in [0.3, 0.4) is 0 Å². The van der Waals surface area contributed by atoms with Gasteiger partial charge in [-0.05, 0) is 38.1 Å². The number of anilines is 1. The monoisotopic (exact) mass is 411 g/mol. The zero-order chi connectivity index (χ0) is 22.1. The highest BCUT2D eigenvalue weighted by Crippen LogP contribution is 2.08. The van der Waals surface area contributed by atoms with E-state index in [4.69, 9.17) is 4.74 Å². The van der Waals surface area contributed by atoms with Gasteiger partial charge < -0.3 is 20.3 Å². The molecule has 0 aromatic heterocycles. The molecule has 0 fully saturated rings. The molecule has 0 saturated carbocycles. The molecule has 2 rings (SSSR count). The number of carbonyl (C=O) groups excluding carboxylic acids is 4. The molecular weight excluding hydrogens is 386 g/mol. The zero-order valence-electron chi connectivity index (χ0n) is 17.2. The topological polar surface area (TPSA) is 105 Å². The second-order valence-electron chi connectivity index (χ2n) is 6.88. The van der Waals surface area contributed by atoms with E-state index in [2.05, 4.69) is 10.6 Å². The summed E-state index contributed by atoms with van der Waals surface area (Å²) in [7, 11) is 1.43. The lowest BCUT2D eigenvalue weighted by Crippen LogP contribution is -2.38. The van der Waals surface area contributed by atoms with Crippen molar-refractivity contribution in [3.63, 3.8) is 0 Å². The summed E-state index contributed by atoms with van der Waals surface area (Å²) in [5.74, 6) is -2.06. The fourth-order valence-corrected chi connectivity index (χ4v) is 2.49. The van der Waals surface area contributed by atoms with Crippen molar-refractivity contribution in [2.24, 2.45) is 0 Å². The van der Waals surface area contributed by atoms with Gasteiger partial charge in [0.05, 0.1) is 6.54 Å². The van der Waals surface area contributed by atoms with E-state index in [0.29, 0.717) is 11.3 Å². The number of nitrogens with one attached hydrogen (secondary N) is 2. The molecule has 8 nitrogen and oxygen atoms in total. The number of hydrogen-bond donors (Lipinski definition) is 2. The summed E-state index contributed by atoms with van der Waals surface area (Å²) in [5, 5.41) is 5.12. The summed E-state index contributed by atoms with van der Waals surface area (Å²) < 4.78 is 4.87. The third-order valence-corrected chi connectivity index (χ3v) is 4.17. The van der Waals surface area contributed by atoms with Crippen LogP contribution in [0, 0.1) is 13.8 Å². The Kier molecular flexibility index (Phi) is 8.10. The number of esters is 1. The van der Waals surface area contributed by atoms with Crippen LogP contribution >= 0.6 is 0 Å². The van der Waals surface area contributed by atoms with Crippen LogP contribution in [0.25, 0.3) is 0 Å². The predicted molar refractivity (Wildman–Crippen MR) is 112 cm³/mol. The Hall–Kier alpha value is -3.68. The quantitative estimate of drug-likeness (QED) is 0.643. The van der Waals surface area contributed by atoms with Crippen LogP contribution < -0.4 is 10.6 Å². The first-order valence-electron chi connectivity index (χ1n) is 9.35. The van der Waals surface area contributed by atoms with Crippen LogP contribution in [0.15, 0.2) is 48.5 Å². The van der Waals surface area contributed by atoms with Gasteiger partial charge in [0.1, 0.15) is 6.54 Å². The molecule has 0 bridgehead atoms. The molecule has 0 radical (unpaired) electrons. The van der Waals surface area contributed by atoms with Crippen molar-refractivity contribution in [2.75, 3.05) is 32.1 Å². The molecule has 0 unspecified atom stereocenters. The average Bonchev–Trinajstić information content (AvgIpc) is 2.71. The van der Waals surface area contributed by atoms with Crippen molar-refractivity contribution in [3.05, 3.63) is 65.2 Å². The van der Waals surface area contributed by atoms with Crippen molar-refractivity contribution in [1.82, 2.24) is 10.2 Å². The molecule has 0 spiro atoms. The van der Waals surface area contributed by atoms with Gasteiger partial charge in [-0.1, -0.05) is 35.4 Å². The highest BCUT2D eigenvalue weighted by atomic mass is 16.5. The predicted octanol–water partition coefficient (Wildman–Crippen LogP) is 1.67. The summed E-state index contributed by atoms with van der Waals surface area (Å²) in [4.78, 5) is 49.0. The second kappa shape index (κ2) is 10.8. The lowest BCUT2D eigenvalue weighted by atomic mass is 10.1. The Morgan fingerprint density at radius 2 is 1.67 bits per heavy atom. The first kappa shape index (κ1) is 22.6. The third kappa shape index (κ3) is 7.38. The number of carbonyl (C=O) groups is 4. The minimum Gasteiger partial charge on any atom is -0.454 e. The summed E-state index contributed by atoms with van der Waals surface area (Å²) in [5.41, 5.74) is 3.04. The molecule has 3 amide bonds. The molecule has 0 heterocycles. The van der Waals surface area contributed by atoms with Gasteiger partial charge in [-0.3, -0.25) is 19.2 Å². The van der Waals surface area contributed by atoms with Gasteiger partial charge in [0.2, 0.25) is 5.91 Å². The number of ether oxygens (including phenoxy) is 1. The first-order chi connectivity index (χ1) is 14.2. The minimum absolute atomic E-state index is 0.186. The first-order valence-corrected chi connectivity index (χ1v) is 9.35. The SMILES string of the molecule is Cc1ccc(NC(=O)CN(C)C(=O)COC(=O)CNC(=O)c2cccc(C)c2)cc1. The molecule has 2 N–H and O–H groups in total. The van der Waals surface area contributed by atoms with Crippen LogP contribution in [0.1, 0.15) is 21.5 Å². The Bertz CT molecular complexity index is 925. The number of likely N-dealkylation sites (N-methyl/N-ethyl adjacent to an activating group) is 1. The van der Waals surface area contributed by atoms with E-state index in [-0.39, 0.29) is 19.0 Å². The van der Waals surface area contributed by atoms with E-state index in [0.717, 1.165) is 16.0 Å². The van der Waals surface area contributed by atoms with Crippen molar-refractivity contribution < 1.29 is 23.9 Å². The molecule has 30 heavy (non-hydrogen) atoms. The Morgan fingerprint density at radius 3 is 2.33 bits per heavy atom. The maximum atomic E-state index is 12.1. The number of amides is 3. The minimum atomic E-state index is -0.748. The van der Waals surface area contributed by atoms with E-state index in [1.165, 1.54) is 7.05 Å². The molecule has 0 saturated heterocycles. The lowest BCUT2D eigenvalue weighted by Gasteiger charge is -2.17. The van der Waals surface area contributed by atoms with Crippen molar-refractivity contribution in [3.8, 4) is 0 Å². The van der Waals surface area contributed by atoms with E-state index < -0.39 is 24.4 Å². The van der Waals surface area contributed by atoms with E-state index in [1.807, 2.05) is 32.0 Å². The van der Waals surface area contributed by atoms with E-state index in [9.17, 15) is 19.2 Å². The molecule has 0 aliphatic rings. The standard InChI is InChI=1S/C22H25N3O5/c1-15-7-9-18(10-8-15)24-19(26)13-25(3)20(27)14-30-21(28)12-23-22(29)17-6-4-5-16(2)11-17/h4-11H,12-14H2,1-3H3,(H,23,29)(H,24,26). The molecule has 0 aliphatic heterocycles. The van der Waals surface area contributed by atoms with E-state index in [1.54, 1.807) is 30.3 Å². The molecular formula is C22H25N3O5. The molecule has 2 aromatic rings. The lowest BCUT2D eigenvalue weighted by molar-refractivity contribution is -0.150. The van der Waals surface area contributed by atoms with Crippen LogP contribution in [-0.2, 0) is 19.1 Å². The molecule has 0 atom stereocenters. The highest BCUT2D eigenvalue weighted by molar-refractivity contribution is 5.96. The second-order valence-corrected chi connectivity index (χ2v) is 6.88. The molecule has 2 aromatic carbocycles. The van der Waals surface area contributed by atoms with Gasteiger partial charge in [-0.25, -0.2) is 0 Å². The third-order valence-electron chi connectivity index (χ3n) is 4.17. The van der Waals surface area contributed by atoms with Gasteiger partial charge in [0.25, 0.3) is 11.8 Å². The molecule has 0 aliphatic carbocycles. The number of rotatable bonds is 8. The number of nitrogens with zero attached hydrogens (tertiary/aromatic N) is 1. The maximum Gasteiger partial charge on any atom is 0.325 e. The average molecular weight is 411 g/mol. The number of aryl methyl sites for hydroxylation is 2. The maximum absolute atomic E-state index is 12.1. The van der Waals surface area contributed by atoms with Gasteiger partial charge in [0.15, 0.2) is 6.61 Å². The summed E-state index contributed by atoms with van der Waals surface area (Å²) in [6.07, 6.45) is 0. The van der Waals surface area contributed by atoms with Crippen molar-refractivity contribution in [1.29, 1.82) is 0 Å². The van der Waals surface area contributed by atoms with Crippen LogP contribution in [0.2, 0.25) is 0 Å². The normalized spacial score (nSPS) is 10.1. The summed E-state index contributed by atoms with van der Waals surface area (Å²) in [6.45, 7) is 2.72. The fourth-order valence-electron chi connectivity index (χ4n) is 2.49.